The summed E-state index contributed by atoms with van der Waals surface area (Å²) in [6.45, 7) is 1.37. The number of hydrogen-bond acceptors (Lipinski definition) is 12. The van der Waals surface area contributed by atoms with Gasteiger partial charge in [-0.1, -0.05) is 0 Å². The summed E-state index contributed by atoms with van der Waals surface area (Å²) in [4.78, 5) is 67.0. The van der Waals surface area contributed by atoms with Gasteiger partial charge in [0.25, 0.3) is 11.4 Å². The number of ether oxygens (including phenoxy) is 2. The first-order chi connectivity index (χ1) is 23.4. The second-order valence-electron chi connectivity index (χ2n) is 10.5. The van der Waals surface area contributed by atoms with Gasteiger partial charge in [-0.05, 0) is 41.8 Å². The van der Waals surface area contributed by atoms with E-state index in [9.17, 15) is 47.8 Å². The normalized spacial score (nSPS) is 17.9. The number of nitro benzene ring substituents is 2. The van der Waals surface area contributed by atoms with E-state index >= 15 is 0 Å². The quantitative estimate of drug-likeness (QED) is 0.0750. The Labute approximate surface area is 286 Å². The Hall–Kier alpha value is -5.03. The monoisotopic (exact) mass is 750 g/mol. The lowest BCUT2D eigenvalue weighted by Gasteiger charge is -2.36. The zero-order chi connectivity index (χ0) is 37.2. The fourth-order valence-corrected chi connectivity index (χ4v) is 4.88. The van der Waals surface area contributed by atoms with E-state index in [1.165, 1.54) is 59.8 Å². The summed E-state index contributed by atoms with van der Waals surface area (Å²) in [6.07, 6.45) is 0.298. The lowest BCUT2D eigenvalue weighted by molar-refractivity contribution is -0.385. The minimum Gasteiger partial charge on any atom is -0.445 e. The predicted molar refractivity (Wildman–Crippen MR) is 169 cm³/mol. The largest absolute Gasteiger partial charge is 0.522 e. The number of alkyl halides is 3. The lowest BCUT2D eigenvalue weighted by atomic mass is 10.1. The van der Waals surface area contributed by atoms with Crippen LogP contribution in [-0.4, -0.2) is 111 Å². The Morgan fingerprint density at radius 1 is 0.900 bits per heavy atom. The number of halogens is 3. The third-order valence-corrected chi connectivity index (χ3v) is 8.03. The van der Waals surface area contributed by atoms with Crippen molar-refractivity contribution in [1.29, 1.82) is 0 Å². The number of benzene rings is 2. The summed E-state index contributed by atoms with van der Waals surface area (Å²) in [5.74, 6) is -0.170. The number of likely N-dealkylation sites (tertiary alicyclic amines) is 1. The Bertz CT molecular complexity index is 1690. The van der Waals surface area contributed by atoms with Crippen molar-refractivity contribution in [3.05, 3.63) is 79.9 Å². The van der Waals surface area contributed by atoms with E-state index in [1.54, 1.807) is 9.80 Å². The fraction of sp³-hybridized carbons (Fsp3) is 0.407. The Morgan fingerprint density at radius 3 is 1.78 bits per heavy atom. The highest BCUT2D eigenvalue weighted by atomic mass is 32.2. The maximum absolute atomic E-state index is 13.3. The lowest BCUT2D eigenvalue weighted by Crippen LogP contribution is -2.54. The molecule has 2 fully saturated rings. The molecule has 2 aromatic rings. The highest BCUT2D eigenvalue weighted by Crippen LogP contribution is 2.24. The van der Waals surface area contributed by atoms with Crippen LogP contribution in [0.1, 0.15) is 17.5 Å². The van der Waals surface area contributed by atoms with Crippen molar-refractivity contribution in [3.63, 3.8) is 0 Å². The number of nitrogens with zero attached hydrogens (tertiary/aromatic N) is 6. The Balaban J connectivity index is 0.000000753. The molecule has 2 heterocycles. The molecule has 2 atom stereocenters. The number of nitro groups is 2. The number of piperazine rings is 1. The van der Waals surface area contributed by atoms with E-state index in [0.717, 1.165) is 0 Å². The molecule has 2 saturated heterocycles. The fourth-order valence-electron chi connectivity index (χ4n) is 4.50. The minimum absolute atomic E-state index is 0.0357. The van der Waals surface area contributed by atoms with Crippen LogP contribution < -0.4 is 0 Å². The van der Waals surface area contributed by atoms with Gasteiger partial charge in [0.2, 0.25) is 5.91 Å². The van der Waals surface area contributed by atoms with Gasteiger partial charge in [-0.2, -0.15) is 39.2 Å². The molecular weight excluding hydrogens is 721 g/mol. The minimum atomic E-state index is -5.84. The van der Waals surface area contributed by atoms with Crippen molar-refractivity contribution < 1.29 is 59.8 Å². The van der Waals surface area contributed by atoms with Gasteiger partial charge in [0.05, 0.1) is 16.2 Å². The average molecular weight is 751 g/mol. The third-order valence-electron chi connectivity index (χ3n) is 7.07. The molecule has 0 aliphatic carbocycles. The van der Waals surface area contributed by atoms with E-state index in [1.807, 2.05) is 0 Å². The van der Waals surface area contributed by atoms with Gasteiger partial charge in [-0.25, -0.2) is 9.59 Å². The zero-order valence-corrected chi connectivity index (χ0v) is 27.3. The van der Waals surface area contributed by atoms with Crippen molar-refractivity contribution >= 4 is 58.6 Å². The number of amides is 3. The summed E-state index contributed by atoms with van der Waals surface area (Å²) in [5, 5.41) is 21.4. The summed E-state index contributed by atoms with van der Waals surface area (Å²) >= 11 is 4.49. The van der Waals surface area contributed by atoms with Gasteiger partial charge in [-0.3, -0.25) is 29.6 Å². The number of hydrogen-bond donors (Lipinski definition) is 2. The Kier molecular flexibility index (Phi) is 13.5. The maximum atomic E-state index is 13.3. The van der Waals surface area contributed by atoms with Crippen LogP contribution in [-0.2, 0) is 37.6 Å². The highest BCUT2D eigenvalue weighted by Gasteiger charge is 2.44. The number of rotatable bonds is 8. The molecule has 3 amide bonds. The predicted octanol–water partition coefficient (Wildman–Crippen LogP) is 3.42. The van der Waals surface area contributed by atoms with E-state index in [4.69, 9.17) is 22.4 Å². The first kappa shape index (κ1) is 39.4. The van der Waals surface area contributed by atoms with E-state index in [-0.39, 0.29) is 48.8 Å². The molecule has 272 valence electrons. The van der Waals surface area contributed by atoms with Crippen molar-refractivity contribution in [2.45, 2.75) is 36.4 Å². The molecule has 0 bridgehead atoms. The van der Waals surface area contributed by atoms with Crippen molar-refractivity contribution in [2.24, 2.45) is 4.99 Å². The van der Waals surface area contributed by atoms with Gasteiger partial charge < -0.3 is 24.2 Å². The first-order valence-corrected chi connectivity index (χ1v) is 16.2. The molecule has 0 unspecified atom stereocenters. The highest BCUT2D eigenvalue weighted by molar-refractivity contribution is 7.86. The number of non-ortho nitro benzene ring substituents is 2. The van der Waals surface area contributed by atoms with Crippen LogP contribution in [0.2, 0.25) is 0 Å². The summed E-state index contributed by atoms with van der Waals surface area (Å²) in [5.41, 5.74) is -4.49. The second kappa shape index (κ2) is 17.1. The van der Waals surface area contributed by atoms with Crippen molar-refractivity contribution in [2.75, 3.05) is 32.7 Å². The zero-order valence-electron chi connectivity index (χ0n) is 25.6. The molecule has 0 spiro atoms. The molecule has 2 aliphatic heterocycles. The van der Waals surface area contributed by atoms with Gasteiger partial charge in [0.1, 0.15) is 19.3 Å². The smallest absolute Gasteiger partial charge is 0.445 e. The molecule has 4 rings (SSSR count). The summed E-state index contributed by atoms with van der Waals surface area (Å²) in [7, 11) is -5.84. The van der Waals surface area contributed by atoms with Crippen molar-refractivity contribution in [3.8, 4) is 0 Å². The van der Waals surface area contributed by atoms with Crippen LogP contribution in [0.25, 0.3) is 0 Å². The maximum Gasteiger partial charge on any atom is 0.522 e. The molecule has 23 heteroatoms. The van der Waals surface area contributed by atoms with Crippen LogP contribution in [0.4, 0.5) is 34.1 Å². The summed E-state index contributed by atoms with van der Waals surface area (Å²) in [6, 6.07) is 10.7. The molecule has 18 nitrogen and oxygen atoms in total. The molecule has 0 radical (unpaired) electrons. The van der Waals surface area contributed by atoms with E-state index in [2.05, 4.69) is 17.6 Å². The van der Waals surface area contributed by atoms with Crippen LogP contribution in [0.5, 0.6) is 0 Å². The topological polar surface area (TPSA) is 232 Å². The van der Waals surface area contributed by atoms with Crippen LogP contribution in [0.3, 0.4) is 0 Å². The molecule has 0 saturated carbocycles. The SMILES string of the molecule is O=C(N=CN1C[C@@H](S)C[C@H]1C(=O)N1CCN(C(=O)OCc2ccc([N+](=O)[O-])cc2)CC1)OCc1ccc([N+](=O)[O-])cc1.O=S(=O)(O)C(F)(F)F. The molecular formula is C27H29F3N6O12S2. The molecule has 2 aliphatic rings. The number of carbonyl (C=O) groups is 3. The second-order valence-corrected chi connectivity index (χ2v) is 12.7. The van der Waals surface area contributed by atoms with E-state index in [0.29, 0.717) is 37.2 Å². The van der Waals surface area contributed by atoms with Crippen molar-refractivity contribution in [1.82, 2.24) is 14.7 Å². The Morgan fingerprint density at radius 2 is 1.34 bits per heavy atom. The van der Waals surface area contributed by atoms with Crippen LogP contribution >= 0.6 is 12.6 Å². The molecule has 2 aromatic carbocycles. The third kappa shape index (κ3) is 11.5. The van der Waals surface area contributed by atoms with Gasteiger partial charge in [0, 0.05) is 62.2 Å². The molecule has 50 heavy (non-hydrogen) atoms. The number of carbonyl (C=O) groups excluding carboxylic acids is 3. The van der Waals surface area contributed by atoms with Gasteiger partial charge in [0.15, 0.2) is 0 Å². The standard InChI is InChI=1S/C26H28N6O9S.CHF3O3S/c33-24(28-9-11-29(12-10-28)26(35)41-16-19-3-7-21(8-4-19)32(38)39)23-13-22(42)14-30(23)17-27-25(34)40-15-18-1-5-20(6-2-18)31(36)37;2-1(3,4)8(5,6)7/h1-8,17,22-23,42H,9-16H2;(H,5,6,7)/t22-,23-;/m0./s1. The first-order valence-electron chi connectivity index (χ1n) is 14.2. The average Bonchev–Trinajstić information content (AvgIpc) is 3.44. The van der Waals surface area contributed by atoms with Gasteiger partial charge in [-0.15, -0.1) is 0 Å². The molecule has 0 aromatic heterocycles. The summed E-state index contributed by atoms with van der Waals surface area (Å²) < 4.78 is 68.0. The van der Waals surface area contributed by atoms with Crippen LogP contribution in [0.15, 0.2) is 53.5 Å². The number of aliphatic imine (C=N–C) groups is 1. The van der Waals surface area contributed by atoms with Crippen LogP contribution in [0, 0.1) is 20.2 Å². The van der Waals surface area contributed by atoms with Gasteiger partial charge >= 0.3 is 27.8 Å². The number of thiol groups is 1. The molecule has 1 N–H and O–H groups in total. The van der Waals surface area contributed by atoms with E-state index < -0.39 is 43.7 Å².